The van der Waals surface area contributed by atoms with Crippen LogP contribution >= 0.6 is 0 Å². The second-order valence-electron chi connectivity index (χ2n) is 9.67. The molecule has 0 saturated carbocycles. The van der Waals surface area contributed by atoms with Crippen molar-refractivity contribution in [2.24, 2.45) is 0 Å². The van der Waals surface area contributed by atoms with Crippen molar-refractivity contribution in [1.29, 1.82) is 0 Å². The standard InChI is InChI=1S/C33H37N/c1-7-9-11-24(5)27-16-18-30-31-19-17-28(25(6)15-14-23(3)4)22-33(31)34(32(30)21-27)29-13-10-12-26(8-2)20-29/h7,9-10,12-22,24H,8,11H2,1-6H3/b9-7-,25-15+. The zero-order valence-electron chi connectivity index (χ0n) is 21.5. The van der Waals surface area contributed by atoms with Crippen molar-refractivity contribution >= 4 is 27.4 Å². The van der Waals surface area contributed by atoms with E-state index in [0.29, 0.717) is 5.92 Å². The lowest BCUT2D eigenvalue weighted by molar-refractivity contribution is 0.781. The number of nitrogens with zero attached hydrogens (tertiary/aromatic N) is 1. The lowest BCUT2D eigenvalue weighted by Crippen LogP contribution is -1.97. The smallest absolute Gasteiger partial charge is 0.0547 e. The first-order valence-corrected chi connectivity index (χ1v) is 12.5. The first-order valence-electron chi connectivity index (χ1n) is 12.5. The van der Waals surface area contributed by atoms with Crippen molar-refractivity contribution in [1.82, 2.24) is 4.57 Å². The van der Waals surface area contributed by atoms with Crippen molar-refractivity contribution < 1.29 is 0 Å². The van der Waals surface area contributed by atoms with Crippen LogP contribution in [0.15, 0.2) is 90.5 Å². The summed E-state index contributed by atoms with van der Waals surface area (Å²) in [6, 6.07) is 23.0. The largest absolute Gasteiger partial charge is 0.309 e. The van der Waals surface area contributed by atoms with E-state index in [0.717, 1.165) is 12.8 Å². The molecule has 1 unspecified atom stereocenters. The molecule has 3 aromatic carbocycles. The Bertz CT molecular complexity index is 1400. The zero-order chi connectivity index (χ0) is 24.2. The van der Waals surface area contributed by atoms with Crippen LogP contribution in [-0.4, -0.2) is 4.57 Å². The molecular weight excluding hydrogens is 410 g/mol. The van der Waals surface area contributed by atoms with Crippen molar-refractivity contribution in [3.8, 4) is 5.69 Å². The molecule has 174 valence electrons. The molecule has 1 heteroatoms. The molecule has 1 heterocycles. The van der Waals surface area contributed by atoms with E-state index in [1.807, 2.05) is 0 Å². The van der Waals surface area contributed by atoms with Crippen LogP contribution in [0.4, 0.5) is 0 Å². The summed E-state index contributed by atoms with van der Waals surface area (Å²) in [4.78, 5) is 0. The molecule has 4 aromatic rings. The Morgan fingerprint density at radius 1 is 0.882 bits per heavy atom. The maximum Gasteiger partial charge on any atom is 0.0547 e. The van der Waals surface area contributed by atoms with E-state index in [1.54, 1.807) is 0 Å². The Labute approximate surface area is 205 Å². The van der Waals surface area contributed by atoms with Gasteiger partial charge in [-0.25, -0.2) is 0 Å². The van der Waals surface area contributed by atoms with Gasteiger partial charge in [0.1, 0.15) is 0 Å². The third-order valence-electron chi connectivity index (χ3n) is 6.78. The molecule has 0 amide bonds. The second-order valence-corrected chi connectivity index (χ2v) is 9.67. The average Bonchev–Trinajstić information content (AvgIpc) is 3.18. The normalized spacial score (nSPS) is 13.2. The summed E-state index contributed by atoms with van der Waals surface area (Å²) >= 11 is 0. The summed E-state index contributed by atoms with van der Waals surface area (Å²) in [5.41, 5.74) is 10.4. The van der Waals surface area contributed by atoms with Gasteiger partial charge in [-0.05, 0) is 93.0 Å². The van der Waals surface area contributed by atoms with Crippen LogP contribution in [0.3, 0.4) is 0 Å². The van der Waals surface area contributed by atoms with Crippen molar-refractivity contribution in [2.45, 2.75) is 60.3 Å². The van der Waals surface area contributed by atoms with Crippen LogP contribution < -0.4 is 0 Å². The average molecular weight is 448 g/mol. The molecule has 0 spiro atoms. The summed E-state index contributed by atoms with van der Waals surface area (Å²) in [5.74, 6) is 0.485. The van der Waals surface area contributed by atoms with Gasteiger partial charge in [0.25, 0.3) is 0 Å². The number of rotatable bonds is 7. The fraction of sp³-hybridized carbons (Fsp3) is 0.273. The number of fused-ring (bicyclic) bond motifs is 3. The van der Waals surface area contributed by atoms with Gasteiger partial charge in [-0.1, -0.05) is 80.1 Å². The van der Waals surface area contributed by atoms with Crippen LogP contribution in [-0.2, 0) is 6.42 Å². The van der Waals surface area contributed by atoms with Gasteiger partial charge in [0.2, 0.25) is 0 Å². The molecule has 0 aliphatic heterocycles. The Morgan fingerprint density at radius 2 is 1.62 bits per heavy atom. The van der Waals surface area contributed by atoms with E-state index in [4.69, 9.17) is 0 Å². The SMILES string of the molecule is C/C=C\CC(C)c1ccc2c3ccc(/C(C)=C/C=C(C)C)cc3n(-c3cccc(CC)c3)c2c1. The third-order valence-corrected chi connectivity index (χ3v) is 6.78. The molecule has 0 aliphatic carbocycles. The molecule has 0 saturated heterocycles. The van der Waals surface area contributed by atoms with Crippen LogP contribution in [0.25, 0.3) is 33.1 Å². The summed E-state index contributed by atoms with van der Waals surface area (Å²) in [5, 5.41) is 2.62. The Kier molecular flexibility index (Phi) is 7.22. The van der Waals surface area contributed by atoms with Gasteiger partial charge in [-0.3, -0.25) is 0 Å². The second kappa shape index (κ2) is 10.3. The van der Waals surface area contributed by atoms with Crippen molar-refractivity contribution in [3.05, 3.63) is 107 Å². The quantitative estimate of drug-likeness (QED) is 0.196. The minimum absolute atomic E-state index is 0.485. The van der Waals surface area contributed by atoms with Crippen molar-refractivity contribution in [3.63, 3.8) is 0 Å². The number of aromatic nitrogens is 1. The summed E-state index contributed by atoms with van der Waals surface area (Å²) < 4.78 is 2.47. The fourth-order valence-electron chi connectivity index (χ4n) is 4.65. The predicted molar refractivity (Wildman–Crippen MR) is 151 cm³/mol. The molecule has 1 nitrogen and oxygen atoms in total. The van der Waals surface area contributed by atoms with Crippen LogP contribution in [0.1, 0.15) is 70.6 Å². The van der Waals surface area contributed by atoms with Gasteiger partial charge in [0.05, 0.1) is 11.0 Å². The Balaban J connectivity index is 2.00. The molecule has 0 aliphatic rings. The lowest BCUT2D eigenvalue weighted by Gasteiger charge is -2.13. The third kappa shape index (κ3) is 4.80. The molecular formula is C33H37N. The van der Waals surface area contributed by atoms with Gasteiger partial charge in [0.15, 0.2) is 0 Å². The highest BCUT2D eigenvalue weighted by molar-refractivity contribution is 6.10. The highest BCUT2D eigenvalue weighted by Gasteiger charge is 2.15. The summed E-state index contributed by atoms with van der Waals surface area (Å²) in [6.45, 7) is 13.1. The zero-order valence-corrected chi connectivity index (χ0v) is 21.5. The van der Waals surface area contributed by atoms with E-state index in [9.17, 15) is 0 Å². The molecule has 0 N–H and O–H groups in total. The molecule has 34 heavy (non-hydrogen) atoms. The van der Waals surface area contributed by atoms with E-state index in [2.05, 4.69) is 131 Å². The number of benzene rings is 3. The first kappa shape index (κ1) is 23.8. The van der Waals surface area contributed by atoms with E-state index < -0.39 is 0 Å². The monoisotopic (exact) mass is 447 g/mol. The van der Waals surface area contributed by atoms with Crippen molar-refractivity contribution in [2.75, 3.05) is 0 Å². The molecule has 0 fully saturated rings. The maximum atomic E-state index is 2.47. The number of hydrogen-bond donors (Lipinski definition) is 0. The van der Waals surface area contributed by atoms with Gasteiger partial charge in [-0.2, -0.15) is 0 Å². The van der Waals surface area contributed by atoms with E-state index in [-0.39, 0.29) is 0 Å². The van der Waals surface area contributed by atoms with Crippen LogP contribution in [0.2, 0.25) is 0 Å². The van der Waals surface area contributed by atoms with Crippen LogP contribution in [0, 0.1) is 0 Å². The predicted octanol–water partition coefficient (Wildman–Crippen LogP) is 9.79. The van der Waals surface area contributed by atoms with Gasteiger partial charge >= 0.3 is 0 Å². The van der Waals surface area contributed by atoms with E-state index in [1.165, 1.54) is 55.3 Å². The number of allylic oxidation sites excluding steroid dienone is 6. The van der Waals surface area contributed by atoms with Crippen LogP contribution in [0.5, 0.6) is 0 Å². The number of aryl methyl sites for hydroxylation is 1. The molecule has 0 bridgehead atoms. The Morgan fingerprint density at radius 3 is 2.32 bits per heavy atom. The molecule has 0 radical (unpaired) electrons. The van der Waals surface area contributed by atoms with Gasteiger partial charge < -0.3 is 4.57 Å². The highest BCUT2D eigenvalue weighted by atomic mass is 15.0. The Hall–Kier alpha value is -3.32. The minimum Gasteiger partial charge on any atom is -0.309 e. The maximum absolute atomic E-state index is 2.47. The first-order chi connectivity index (χ1) is 16.4. The lowest BCUT2D eigenvalue weighted by atomic mass is 9.96. The molecule has 1 atom stereocenters. The van der Waals surface area contributed by atoms with E-state index >= 15 is 0 Å². The molecule has 1 aromatic heterocycles. The number of hydrogen-bond acceptors (Lipinski definition) is 0. The minimum atomic E-state index is 0.485. The van der Waals surface area contributed by atoms with Gasteiger partial charge in [0, 0.05) is 16.5 Å². The topological polar surface area (TPSA) is 4.93 Å². The summed E-state index contributed by atoms with van der Waals surface area (Å²) in [6.07, 6.45) is 10.9. The highest BCUT2D eigenvalue weighted by Crippen LogP contribution is 2.36. The fourth-order valence-corrected chi connectivity index (χ4v) is 4.65. The summed E-state index contributed by atoms with van der Waals surface area (Å²) in [7, 11) is 0. The molecule has 4 rings (SSSR count). The van der Waals surface area contributed by atoms with Gasteiger partial charge in [-0.15, -0.1) is 0 Å².